The summed E-state index contributed by atoms with van der Waals surface area (Å²) in [6, 6.07) is 7.89. The number of primary amides is 1. The molecule has 100 valence electrons. The van der Waals surface area contributed by atoms with Gasteiger partial charge in [-0.25, -0.2) is 0 Å². The number of nitrogens with one attached hydrogen (secondary N) is 1. The molecule has 1 aromatic carbocycles. The summed E-state index contributed by atoms with van der Waals surface area (Å²) in [5.74, 6) is -0.263. The lowest BCUT2D eigenvalue weighted by molar-refractivity contribution is -0.124. The number of H-pyrrole nitrogens is 1. The summed E-state index contributed by atoms with van der Waals surface area (Å²) in [6.07, 6.45) is 2.00. The number of carbonyl (C=O) groups is 1. The van der Waals surface area contributed by atoms with Crippen molar-refractivity contribution in [1.29, 1.82) is 0 Å². The largest absolute Gasteiger partial charge is 0.368 e. The smallest absolute Gasteiger partial charge is 0.240 e. The topological polar surface area (TPSA) is 62.1 Å². The van der Waals surface area contributed by atoms with Gasteiger partial charge in [-0.2, -0.15) is 0 Å². The molecule has 0 aliphatic carbocycles. The highest BCUT2D eigenvalue weighted by Crippen LogP contribution is 2.34. The molecular weight excluding hydrogens is 238 g/mol. The first-order valence-electron chi connectivity index (χ1n) is 6.85. The summed E-state index contributed by atoms with van der Waals surface area (Å²) in [7, 11) is 0. The van der Waals surface area contributed by atoms with Gasteiger partial charge in [-0.05, 0) is 31.0 Å². The predicted molar refractivity (Wildman–Crippen MR) is 75.8 cm³/mol. The van der Waals surface area contributed by atoms with Crippen LogP contribution in [0.25, 0.3) is 10.9 Å². The minimum absolute atomic E-state index is 0.263. The Morgan fingerprint density at radius 3 is 3.00 bits per heavy atom. The molecule has 4 nitrogen and oxygen atoms in total. The summed E-state index contributed by atoms with van der Waals surface area (Å²) in [4.78, 5) is 17.4. The number of benzene rings is 1. The fourth-order valence-electron chi connectivity index (χ4n) is 3.14. The van der Waals surface area contributed by atoms with Gasteiger partial charge in [0.05, 0.1) is 0 Å². The number of hydrogen-bond donors (Lipinski definition) is 2. The number of rotatable bonds is 3. The van der Waals surface area contributed by atoms with Crippen molar-refractivity contribution in [2.24, 2.45) is 5.73 Å². The van der Waals surface area contributed by atoms with Crippen LogP contribution >= 0.6 is 0 Å². The van der Waals surface area contributed by atoms with E-state index in [1.807, 2.05) is 12.1 Å². The van der Waals surface area contributed by atoms with Crippen LogP contribution in [0.2, 0.25) is 0 Å². The van der Waals surface area contributed by atoms with E-state index >= 15 is 0 Å². The van der Waals surface area contributed by atoms with Gasteiger partial charge in [0.2, 0.25) is 5.91 Å². The summed E-state index contributed by atoms with van der Waals surface area (Å²) in [5, 5.41) is 1.22. The van der Waals surface area contributed by atoms with Crippen LogP contribution in [0.5, 0.6) is 0 Å². The lowest BCUT2D eigenvalue weighted by Crippen LogP contribution is -2.42. The van der Waals surface area contributed by atoms with Crippen LogP contribution in [0.15, 0.2) is 24.3 Å². The maximum absolute atomic E-state index is 11.8. The Bertz CT molecular complexity index is 617. The Hall–Kier alpha value is -1.81. The first-order valence-corrected chi connectivity index (χ1v) is 6.85. The summed E-state index contributed by atoms with van der Waals surface area (Å²) in [5.41, 5.74) is 8.97. The predicted octanol–water partition coefficient (Wildman–Crippen LogP) is 1.96. The highest BCUT2D eigenvalue weighted by atomic mass is 16.1. The van der Waals surface area contributed by atoms with Crippen molar-refractivity contribution < 1.29 is 4.79 Å². The number of fused-ring (bicyclic) bond motifs is 3. The van der Waals surface area contributed by atoms with Crippen molar-refractivity contribution in [2.45, 2.75) is 25.8 Å². The van der Waals surface area contributed by atoms with E-state index in [1.54, 1.807) is 0 Å². The first kappa shape index (κ1) is 12.2. The number of hydrogen-bond acceptors (Lipinski definition) is 2. The number of carbonyl (C=O) groups excluding carboxylic acids is 1. The molecule has 1 atom stereocenters. The number of para-hydroxylation sites is 1. The second-order valence-electron chi connectivity index (χ2n) is 5.15. The molecule has 4 heteroatoms. The van der Waals surface area contributed by atoms with Gasteiger partial charge in [0.25, 0.3) is 0 Å². The summed E-state index contributed by atoms with van der Waals surface area (Å²) in [6.45, 7) is 3.93. The van der Waals surface area contributed by atoms with E-state index in [4.69, 9.17) is 5.73 Å². The summed E-state index contributed by atoms with van der Waals surface area (Å²) >= 11 is 0. The maximum atomic E-state index is 11.8. The Morgan fingerprint density at radius 1 is 1.47 bits per heavy atom. The third-order valence-electron chi connectivity index (χ3n) is 3.91. The molecule has 2 heterocycles. The van der Waals surface area contributed by atoms with Crippen LogP contribution in [0.3, 0.4) is 0 Å². The van der Waals surface area contributed by atoms with Crippen molar-refractivity contribution >= 4 is 16.8 Å². The fourth-order valence-corrected chi connectivity index (χ4v) is 3.14. The van der Waals surface area contributed by atoms with Gasteiger partial charge >= 0.3 is 0 Å². The van der Waals surface area contributed by atoms with Crippen LogP contribution in [0, 0.1) is 0 Å². The van der Waals surface area contributed by atoms with Gasteiger partial charge in [0, 0.05) is 23.1 Å². The Kier molecular flexibility index (Phi) is 3.03. The molecule has 2 aromatic rings. The molecular formula is C15H19N3O. The quantitative estimate of drug-likeness (QED) is 0.883. The molecule has 3 N–H and O–H groups in total. The van der Waals surface area contributed by atoms with Crippen molar-refractivity contribution in [3.05, 3.63) is 35.5 Å². The monoisotopic (exact) mass is 257 g/mol. The van der Waals surface area contributed by atoms with Crippen LogP contribution in [-0.2, 0) is 11.2 Å². The van der Waals surface area contributed by atoms with E-state index in [1.165, 1.54) is 10.9 Å². The Labute approximate surface area is 112 Å². The molecule has 0 saturated carbocycles. The van der Waals surface area contributed by atoms with Gasteiger partial charge < -0.3 is 10.7 Å². The van der Waals surface area contributed by atoms with Crippen LogP contribution in [0.4, 0.5) is 0 Å². The molecule has 0 bridgehead atoms. The minimum Gasteiger partial charge on any atom is -0.368 e. The van der Waals surface area contributed by atoms with Crippen molar-refractivity contribution in [3.63, 3.8) is 0 Å². The molecule has 0 spiro atoms. The van der Waals surface area contributed by atoms with Crippen LogP contribution in [0.1, 0.15) is 30.6 Å². The average Bonchev–Trinajstić information content (AvgIpc) is 2.76. The zero-order valence-electron chi connectivity index (χ0n) is 11.1. The van der Waals surface area contributed by atoms with E-state index in [0.717, 1.165) is 37.1 Å². The number of amides is 1. The molecule has 0 fully saturated rings. The number of nitrogens with zero attached hydrogens (tertiary/aromatic N) is 1. The highest BCUT2D eigenvalue weighted by molar-refractivity contribution is 5.89. The van der Waals surface area contributed by atoms with Gasteiger partial charge in [-0.15, -0.1) is 0 Å². The number of aromatic amines is 1. The molecule has 1 aromatic heterocycles. The van der Waals surface area contributed by atoms with E-state index in [-0.39, 0.29) is 11.9 Å². The lowest BCUT2D eigenvalue weighted by atomic mass is 9.96. The third-order valence-corrected chi connectivity index (χ3v) is 3.91. The molecule has 3 rings (SSSR count). The molecule has 0 radical (unpaired) electrons. The van der Waals surface area contributed by atoms with Crippen molar-refractivity contribution in [2.75, 3.05) is 13.1 Å². The van der Waals surface area contributed by atoms with Gasteiger partial charge in [0.15, 0.2) is 0 Å². The zero-order valence-corrected chi connectivity index (χ0v) is 11.1. The van der Waals surface area contributed by atoms with Gasteiger partial charge in [0.1, 0.15) is 6.04 Å². The highest BCUT2D eigenvalue weighted by Gasteiger charge is 2.33. The van der Waals surface area contributed by atoms with Crippen LogP contribution in [-0.4, -0.2) is 28.9 Å². The third kappa shape index (κ3) is 1.92. The SMILES string of the molecule is CCCN1CCc2c([nH]c3ccccc23)C1C(N)=O. The van der Waals surface area contributed by atoms with Crippen molar-refractivity contribution in [3.8, 4) is 0 Å². The second kappa shape index (κ2) is 4.70. The maximum Gasteiger partial charge on any atom is 0.240 e. The number of nitrogens with two attached hydrogens (primary N) is 1. The molecule has 1 aliphatic heterocycles. The standard InChI is InChI=1S/C15H19N3O/c1-2-8-18-9-7-11-10-5-3-4-6-12(10)17-13(11)14(18)15(16)19/h3-6,14,17H,2,7-9H2,1H3,(H2,16,19). The average molecular weight is 257 g/mol. The second-order valence-corrected chi connectivity index (χ2v) is 5.15. The first-order chi connectivity index (χ1) is 9.22. The molecule has 1 unspecified atom stereocenters. The molecule has 1 aliphatic rings. The summed E-state index contributed by atoms with van der Waals surface area (Å²) < 4.78 is 0. The van der Waals surface area contributed by atoms with E-state index in [2.05, 4.69) is 28.9 Å². The van der Waals surface area contributed by atoms with E-state index < -0.39 is 0 Å². The lowest BCUT2D eigenvalue weighted by Gasteiger charge is -2.33. The zero-order chi connectivity index (χ0) is 13.4. The normalized spacial score (nSPS) is 19.5. The van der Waals surface area contributed by atoms with E-state index in [9.17, 15) is 4.79 Å². The molecule has 0 saturated heterocycles. The Balaban J connectivity index is 2.13. The Morgan fingerprint density at radius 2 is 2.26 bits per heavy atom. The van der Waals surface area contributed by atoms with E-state index in [0.29, 0.717) is 0 Å². The fraction of sp³-hybridized carbons (Fsp3) is 0.400. The van der Waals surface area contributed by atoms with Gasteiger partial charge in [-0.1, -0.05) is 25.1 Å². The number of aromatic nitrogens is 1. The molecule has 19 heavy (non-hydrogen) atoms. The van der Waals surface area contributed by atoms with Crippen LogP contribution < -0.4 is 5.73 Å². The van der Waals surface area contributed by atoms with Crippen molar-refractivity contribution in [1.82, 2.24) is 9.88 Å². The van der Waals surface area contributed by atoms with Gasteiger partial charge in [-0.3, -0.25) is 9.69 Å². The molecule has 1 amide bonds. The minimum atomic E-state index is -0.309.